The fourth-order valence-corrected chi connectivity index (χ4v) is 4.38. The summed E-state index contributed by atoms with van der Waals surface area (Å²) >= 11 is 6.46. The average Bonchev–Trinajstić information content (AvgIpc) is 3.31. The lowest BCUT2D eigenvalue weighted by atomic mass is 9.77. The van der Waals surface area contributed by atoms with Crippen molar-refractivity contribution in [3.63, 3.8) is 0 Å². The molecule has 0 bridgehead atoms. The normalized spacial score (nSPS) is 19.0. The molecule has 10 heteroatoms. The molecule has 1 N–H and O–H groups in total. The molecule has 2 aromatic rings. The van der Waals surface area contributed by atoms with Crippen molar-refractivity contribution in [1.82, 2.24) is 24.7 Å². The first-order valence-electron chi connectivity index (χ1n) is 9.23. The van der Waals surface area contributed by atoms with Gasteiger partial charge in [-0.2, -0.15) is 5.10 Å². The van der Waals surface area contributed by atoms with Crippen LogP contribution in [0.2, 0.25) is 5.15 Å². The summed E-state index contributed by atoms with van der Waals surface area (Å²) in [5.74, 6) is 0.740. The zero-order valence-corrected chi connectivity index (χ0v) is 16.6. The Hall–Kier alpha value is -2.55. The topological polar surface area (TPSA) is 105 Å². The highest BCUT2D eigenvalue weighted by Crippen LogP contribution is 2.43. The first kappa shape index (κ1) is 18.8. The second-order valence-electron chi connectivity index (χ2n) is 7.59. The molecule has 0 atom stereocenters. The molecular formula is C18H22ClN5O4. The predicted octanol–water partition coefficient (Wildman–Crippen LogP) is 2.53. The SMILES string of the molecule is Cc1cc(-c2nn(C)c(Cl)c2CN2CCC3(CCN(C(=O)O)CC3)C2=O)no1. The van der Waals surface area contributed by atoms with E-state index in [2.05, 4.69) is 10.3 Å². The van der Waals surface area contributed by atoms with Crippen molar-refractivity contribution in [1.29, 1.82) is 0 Å². The van der Waals surface area contributed by atoms with Crippen LogP contribution < -0.4 is 0 Å². The number of hydrogen-bond acceptors (Lipinski definition) is 5. The van der Waals surface area contributed by atoms with Gasteiger partial charge in [0, 0.05) is 38.3 Å². The number of carbonyl (C=O) groups excluding carboxylic acids is 1. The Morgan fingerprint density at radius 3 is 2.61 bits per heavy atom. The number of carbonyl (C=O) groups is 2. The molecule has 9 nitrogen and oxygen atoms in total. The maximum absolute atomic E-state index is 13.2. The van der Waals surface area contributed by atoms with Crippen molar-refractivity contribution in [3.05, 3.63) is 22.5 Å². The average molecular weight is 408 g/mol. The summed E-state index contributed by atoms with van der Waals surface area (Å²) in [7, 11) is 1.75. The summed E-state index contributed by atoms with van der Waals surface area (Å²) in [5, 5.41) is 18.1. The number of aryl methyl sites for hydroxylation is 2. The fourth-order valence-electron chi connectivity index (χ4n) is 4.20. The van der Waals surface area contributed by atoms with Crippen molar-refractivity contribution in [2.75, 3.05) is 19.6 Å². The van der Waals surface area contributed by atoms with Gasteiger partial charge in [-0.05, 0) is 26.2 Å². The Labute approximate surface area is 166 Å². The number of carboxylic acid groups (broad SMARTS) is 1. The molecule has 2 amide bonds. The zero-order chi connectivity index (χ0) is 20.1. The number of hydrogen-bond donors (Lipinski definition) is 1. The summed E-state index contributed by atoms with van der Waals surface area (Å²) in [6.07, 6.45) is 0.928. The van der Waals surface area contributed by atoms with E-state index in [1.165, 1.54) is 4.90 Å². The van der Waals surface area contributed by atoms with Crippen LogP contribution >= 0.6 is 11.6 Å². The third-order valence-electron chi connectivity index (χ3n) is 5.88. The number of nitrogens with zero attached hydrogens (tertiary/aromatic N) is 5. The van der Waals surface area contributed by atoms with Crippen LogP contribution in [0.4, 0.5) is 4.79 Å². The molecule has 2 saturated heterocycles. The molecule has 150 valence electrons. The summed E-state index contributed by atoms with van der Waals surface area (Å²) in [6.45, 7) is 3.56. The summed E-state index contributed by atoms with van der Waals surface area (Å²) in [5.41, 5.74) is 1.47. The van der Waals surface area contributed by atoms with Crippen LogP contribution in [-0.2, 0) is 18.4 Å². The Kier molecular flexibility index (Phi) is 4.57. The molecule has 2 fully saturated rings. The van der Waals surface area contributed by atoms with E-state index in [-0.39, 0.29) is 5.91 Å². The number of likely N-dealkylation sites (tertiary alicyclic amines) is 2. The minimum absolute atomic E-state index is 0.0692. The third kappa shape index (κ3) is 3.03. The summed E-state index contributed by atoms with van der Waals surface area (Å²) in [6, 6.07) is 1.79. The Morgan fingerprint density at radius 1 is 1.32 bits per heavy atom. The molecule has 0 aliphatic carbocycles. The number of piperidine rings is 1. The van der Waals surface area contributed by atoms with E-state index in [0.717, 1.165) is 12.0 Å². The lowest BCUT2D eigenvalue weighted by Gasteiger charge is -2.36. The molecule has 4 rings (SSSR count). The van der Waals surface area contributed by atoms with Crippen LogP contribution in [0.1, 0.15) is 30.6 Å². The highest BCUT2D eigenvalue weighted by atomic mass is 35.5. The minimum atomic E-state index is -0.924. The van der Waals surface area contributed by atoms with Gasteiger partial charge in [0.2, 0.25) is 5.91 Å². The molecule has 28 heavy (non-hydrogen) atoms. The van der Waals surface area contributed by atoms with Crippen molar-refractivity contribution in [2.45, 2.75) is 32.7 Å². The lowest BCUT2D eigenvalue weighted by molar-refractivity contribution is -0.138. The Balaban J connectivity index is 1.55. The number of rotatable bonds is 3. The van der Waals surface area contributed by atoms with Gasteiger partial charge in [-0.3, -0.25) is 9.48 Å². The summed E-state index contributed by atoms with van der Waals surface area (Å²) in [4.78, 5) is 27.5. The van der Waals surface area contributed by atoms with E-state index in [9.17, 15) is 9.59 Å². The molecule has 0 radical (unpaired) electrons. The van der Waals surface area contributed by atoms with Gasteiger partial charge in [-0.15, -0.1) is 0 Å². The standard InChI is InChI=1S/C18H22ClN5O4/c1-11-9-13(21-28-11)14-12(15(19)22(2)20-14)10-24-8-5-18(16(24)25)3-6-23(7-4-18)17(26)27/h9H,3-8,10H2,1-2H3,(H,26,27). The van der Waals surface area contributed by atoms with Gasteiger partial charge < -0.3 is 19.4 Å². The Bertz CT molecular complexity index is 929. The van der Waals surface area contributed by atoms with E-state index < -0.39 is 11.5 Å². The first-order chi connectivity index (χ1) is 13.3. The van der Waals surface area contributed by atoms with Gasteiger partial charge in [0.05, 0.1) is 12.0 Å². The van der Waals surface area contributed by atoms with E-state index in [1.54, 1.807) is 29.6 Å². The maximum Gasteiger partial charge on any atom is 0.407 e. The van der Waals surface area contributed by atoms with Crippen molar-refractivity contribution in [3.8, 4) is 11.4 Å². The Morgan fingerprint density at radius 2 is 2.00 bits per heavy atom. The highest BCUT2D eigenvalue weighted by Gasteiger charge is 2.48. The first-order valence-corrected chi connectivity index (χ1v) is 9.61. The third-order valence-corrected chi connectivity index (χ3v) is 6.35. The van der Waals surface area contributed by atoms with Crippen LogP contribution in [0, 0.1) is 12.3 Å². The van der Waals surface area contributed by atoms with E-state index in [4.69, 9.17) is 21.2 Å². The van der Waals surface area contributed by atoms with Gasteiger partial charge in [0.1, 0.15) is 22.3 Å². The van der Waals surface area contributed by atoms with Gasteiger partial charge in [-0.25, -0.2) is 4.79 Å². The zero-order valence-electron chi connectivity index (χ0n) is 15.8. The van der Waals surface area contributed by atoms with Crippen LogP contribution in [-0.4, -0.2) is 61.5 Å². The van der Waals surface area contributed by atoms with Crippen molar-refractivity contribution >= 4 is 23.6 Å². The van der Waals surface area contributed by atoms with Crippen LogP contribution in [0.3, 0.4) is 0 Å². The van der Waals surface area contributed by atoms with Gasteiger partial charge >= 0.3 is 6.09 Å². The second-order valence-corrected chi connectivity index (χ2v) is 7.95. The lowest BCUT2D eigenvalue weighted by Crippen LogP contribution is -2.46. The fraction of sp³-hybridized carbons (Fsp3) is 0.556. The minimum Gasteiger partial charge on any atom is -0.465 e. The number of aromatic nitrogens is 3. The second kappa shape index (κ2) is 6.80. The van der Waals surface area contributed by atoms with E-state index >= 15 is 0 Å². The monoisotopic (exact) mass is 407 g/mol. The van der Waals surface area contributed by atoms with Crippen LogP contribution in [0.5, 0.6) is 0 Å². The molecule has 2 aliphatic heterocycles. The largest absolute Gasteiger partial charge is 0.465 e. The molecule has 4 heterocycles. The smallest absolute Gasteiger partial charge is 0.407 e. The van der Waals surface area contributed by atoms with Crippen LogP contribution in [0.15, 0.2) is 10.6 Å². The van der Waals surface area contributed by atoms with Crippen molar-refractivity contribution in [2.24, 2.45) is 12.5 Å². The molecule has 2 aromatic heterocycles. The molecular weight excluding hydrogens is 386 g/mol. The summed E-state index contributed by atoms with van der Waals surface area (Å²) < 4.78 is 6.73. The predicted molar refractivity (Wildman–Crippen MR) is 99.8 cm³/mol. The highest BCUT2D eigenvalue weighted by molar-refractivity contribution is 6.30. The molecule has 2 aliphatic rings. The molecule has 0 saturated carbocycles. The van der Waals surface area contributed by atoms with Crippen LogP contribution in [0.25, 0.3) is 11.4 Å². The quantitative estimate of drug-likeness (QED) is 0.838. The van der Waals surface area contributed by atoms with Gasteiger partial charge in [0.25, 0.3) is 0 Å². The van der Waals surface area contributed by atoms with E-state index in [0.29, 0.717) is 61.3 Å². The van der Waals surface area contributed by atoms with Gasteiger partial charge in [0.15, 0.2) is 0 Å². The molecule has 1 spiro atoms. The van der Waals surface area contributed by atoms with Crippen molar-refractivity contribution < 1.29 is 19.2 Å². The number of amides is 2. The number of halogens is 1. The van der Waals surface area contributed by atoms with Gasteiger partial charge in [-0.1, -0.05) is 16.8 Å². The van der Waals surface area contributed by atoms with E-state index in [1.807, 2.05) is 0 Å². The molecule has 0 unspecified atom stereocenters. The maximum atomic E-state index is 13.2. The molecule has 0 aromatic carbocycles.